The van der Waals surface area contributed by atoms with Gasteiger partial charge < -0.3 is 4.43 Å². The normalized spacial score (nSPS) is 11.1. The van der Waals surface area contributed by atoms with Crippen molar-refractivity contribution in [3.63, 3.8) is 0 Å². The fourth-order valence-electron chi connectivity index (χ4n) is 0.558. The molecule has 0 heterocycles. The quantitative estimate of drug-likeness (QED) is 0.280. The molecule has 0 N–H and O–H groups in total. The molecule has 0 aliphatic heterocycles. The van der Waals surface area contributed by atoms with Gasteiger partial charge in [0.25, 0.3) is 0 Å². The van der Waals surface area contributed by atoms with Gasteiger partial charge in [0, 0.05) is 6.08 Å². The molecule has 0 aliphatic rings. The molecule has 0 unspecified atom stereocenters. The van der Waals surface area contributed by atoms with Crippen molar-refractivity contribution in [2.24, 2.45) is 0 Å². The maximum absolute atomic E-state index is 8.19. The maximum atomic E-state index is 8.19. The second-order valence-corrected chi connectivity index (χ2v) is 7.57. The molecule has 0 amide bonds. The highest BCUT2D eigenvalue weighted by Crippen LogP contribution is 2.08. The van der Waals surface area contributed by atoms with Crippen LogP contribution in [0.5, 0.6) is 0 Å². The largest absolute Gasteiger partial charge is 0.545 e. The molecule has 0 aliphatic carbocycles. The summed E-state index contributed by atoms with van der Waals surface area (Å²) < 4.78 is 5.45. The zero-order chi connectivity index (χ0) is 8.91. The fraction of sp³-hybridized carbons (Fsp3) is 0.375. The maximum Gasteiger partial charge on any atom is 0.242 e. The van der Waals surface area contributed by atoms with Gasteiger partial charge in [-0.2, -0.15) is 5.26 Å². The van der Waals surface area contributed by atoms with E-state index in [2.05, 4.69) is 26.2 Å². The monoisotopic (exact) mass is 167 g/mol. The van der Waals surface area contributed by atoms with Crippen LogP contribution >= 0.6 is 0 Å². The van der Waals surface area contributed by atoms with E-state index in [1.807, 2.05) is 6.07 Å². The molecule has 0 fully saturated rings. The molecular formula is C8H13NOSi. The van der Waals surface area contributed by atoms with Crippen molar-refractivity contribution in [3.8, 4) is 6.07 Å². The predicted octanol–water partition coefficient (Wildman–Crippen LogP) is 2.43. The van der Waals surface area contributed by atoms with Gasteiger partial charge in [0.1, 0.15) is 0 Å². The summed E-state index contributed by atoms with van der Waals surface area (Å²) in [7, 11) is -1.53. The Labute approximate surface area is 68.9 Å². The van der Waals surface area contributed by atoms with E-state index in [9.17, 15) is 0 Å². The van der Waals surface area contributed by atoms with Crippen molar-refractivity contribution < 1.29 is 4.43 Å². The summed E-state index contributed by atoms with van der Waals surface area (Å²) in [5.74, 6) is 0.575. The smallest absolute Gasteiger partial charge is 0.242 e. The third-order valence-electron chi connectivity index (χ3n) is 0.781. The Morgan fingerprint density at radius 2 is 2.09 bits per heavy atom. The van der Waals surface area contributed by atoms with Gasteiger partial charge in [-0.25, -0.2) is 0 Å². The summed E-state index contributed by atoms with van der Waals surface area (Å²) in [5, 5.41) is 8.19. The van der Waals surface area contributed by atoms with Crippen LogP contribution < -0.4 is 0 Å². The summed E-state index contributed by atoms with van der Waals surface area (Å²) in [6.07, 6.45) is 2.95. The van der Waals surface area contributed by atoms with Crippen molar-refractivity contribution in [2.45, 2.75) is 19.6 Å². The first kappa shape index (κ1) is 9.99. The first-order valence-electron chi connectivity index (χ1n) is 3.40. The zero-order valence-electron chi connectivity index (χ0n) is 7.22. The highest BCUT2D eigenvalue weighted by Gasteiger charge is 2.15. The van der Waals surface area contributed by atoms with Crippen molar-refractivity contribution in [1.82, 2.24) is 0 Å². The first-order chi connectivity index (χ1) is 4.95. The van der Waals surface area contributed by atoms with E-state index in [0.717, 1.165) is 0 Å². The lowest BCUT2D eigenvalue weighted by Crippen LogP contribution is -2.23. The Kier molecular flexibility index (Phi) is 3.62. The van der Waals surface area contributed by atoms with Crippen molar-refractivity contribution in [3.05, 3.63) is 24.5 Å². The molecule has 3 heteroatoms. The van der Waals surface area contributed by atoms with E-state index in [0.29, 0.717) is 5.76 Å². The molecule has 0 spiro atoms. The zero-order valence-corrected chi connectivity index (χ0v) is 8.22. The summed E-state index contributed by atoms with van der Waals surface area (Å²) in [6, 6.07) is 1.88. The van der Waals surface area contributed by atoms with Crippen LogP contribution in [-0.4, -0.2) is 8.32 Å². The van der Waals surface area contributed by atoms with Crippen molar-refractivity contribution in [2.75, 3.05) is 0 Å². The average Bonchev–Trinajstić information content (AvgIpc) is 1.79. The number of allylic oxidation sites excluding steroid dienone is 2. The molecule has 2 nitrogen and oxygen atoms in total. The molecule has 11 heavy (non-hydrogen) atoms. The number of rotatable bonds is 3. The number of hydrogen-bond acceptors (Lipinski definition) is 2. The van der Waals surface area contributed by atoms with Crippen LogP contribution in [0.1, 0.15) is 0 Å². The summed E-state index contributed by atoms with van der Waals surface area (Å²) in [4.78, 5) is 0. The Bertz CT molecular complexity index is 207. The second kappa shape index (κ2) is 3.99. The van der Waals surface area contributed by atoms with Gasteiger partial charge in [0.2, 0.25) is 8.32 Å². The average molecular weight is 167 g/mol. The van der Waals surface area contributed by atoms with Crippen LogP contribution in [0.25, 0.3) is 0 Å². The van der Waals surface area contributed by atoms with Crippen LogP contribution in [0.3, 0.4) is 0 Å². The number of nitriles is 1. The lowest BCUT2D eigenvalue weighted by Gasteiger charge is -2.18. The number of nitrogens with zero attached hydrogens (tertiary/aromatic N) is 1. The molecule has 0 rings (SSSR count). The summed E-state index contributed by atoms with van der Waals surface area (Å²) in [6.45, 7) is 9.86. The summed E-state index contributed by atoms with van der Waals surface area (Å²) in [5.41, 5.74) is 0. The van der Waals surface area contributed by atoms with E-state index < -0.39 is 8.32 Å². The second-order valence-electron chi connectivity index (χ2n) is 3.14. The minimum absolute atomic E-state index is 0.575. The molecule has 0 aromatic rings. The minimum atomic E-state index is -1.53. The first-order valence-corrected chi connectivity index (χ1v) is 6.80. The van der Waals surface area contributed by atoms with E-state index in [1.54, 1.807) is 6.08 Å². The molecular weight excluding hydrogens is 154 g/mol. The van der Waals surface area contributed by atoms with E-state index in [-0.39, 0.29) is 0 Å². The van der Waals surface area contributed by atoms with Gasteiger partial charge in [0.05, 0.1) is 11.8 Å². The van der Waals surface area contributed by atoms with Crippen LogP contribution in [-0.2, 0) is 4.43 Å². The van der Waals surface area contributed by atoms with Crippen LogP contribution in [0.2, 0.25) is 19.6 Å². The molecule has 0 bridgehead atoms. The number of hydrogen-bond donors (Lipinski definition) is 0. The van der Waals surface area contributed by atoms with Gasteiger partial charge in [-0.1, -0.05) is 6.58 Å². The SMILES string of the molecule is C=C(/C=C/C#N)O[Si](C)(C)C. The van der Waals surface area contributed by atoms with Crippen LogP contribution in [0, 0.1) is 11.3 Å². The third-order valence-corrected chi connectivity index (χ3v) is 1.66. The Morgan fingerprint density at radius 1 is 1.55 bits per heavy atom. The summed E-state index contributed by atoms with van der Waals surface area (Å²) >= 11 is 0. The topological polar surface area (TPSA) is 33.0 Å². The predicted molar refractivity (Wildman–Crippen MR) is 48.3 cm³/mol. The molecule has 0 radical (unpaired) electrons. The van der Waals surface area contributed by atoms with Gasteiger partial charge in [-0.05, 0) is 25.7 Å². The van der Waals surface area contributed by atoms with Crippen LogP contribution in [0.15, 0.2) is 24.5 Å². The Hall–Kier alpha value is -1.01. The standard InChI is InChI=1S/C8H13NOSi/c1-8(6-5-7-9)10-11(2,3)4/h5-6H,1H2,2-4H3/b6-5+. The van der Waals surface area contributed by atoms with Gasteiger partial charge >= 0.3 is 0 Å². The van der Waals surface area contributed by atoms with Gasteiger partial charge in [-0.3, -0.25) is 0 Å². The van der Waals surface area contributed by atoms with Crippen molar-refractivity contribution >= 4 is 8.32 Å². The van der Waals surface area contributed by atoms with Crippen molar-refractivity contribution in [1.29, 1.82) is 5.26 Å². The van der Waals surface area contributed by atoms with E-state index in [1.165, 1.54) is 6.08 Å². The van der Waals surface area contributed by atoms with E-state index in [4.69, 9.17) is 9.69 Å². The molecule has 0 aromatic heterocycles. The highest BCUT2D eigenvalue weighted by atomic mass is 28.4. The third kappa shape index (κ3) is 6.88. The minimum Gasteiger partial charge on any atom is -0.545 e. The van der Waals surface area contributed by atoms with Gasteiger partial charge in [-0.15, -0.1) is 0 Å². The lowest BCUT2D eigenvalue weighted by atomic mass is 10.5. The van der Waals surface area contributed by atoms with Gasteiger partial charge in [0.15, 0.2) is 0 Å². The van der Waals surface area contributed by atoms with Crippen LogP contribution in [0.4, 0.5) is 0 Å². The Morgan fingerprint density at radius 3 is 2.45 bits per heavy atom. The molecule has 0 aromatic carbocycles. The molecule has 0 atom stereocenters. The fourth-order valence-corrected chi connectivity index (χ4v) is 1.41. The molecule has 60 valence electrons. The lowest BCUT2D eigenvalue weighted by molar-refractivity contribution is 0.444. The highest BCUT2D eigenvalue weighted by molar-refractivity contribution is 6.70. The molecule has 0 saturated carbocycles. The van der Waals surface area contributed by atoms with E-state index >= 15 is 0 Å². The Balaban J connectivity index is 3.92. The molecule has 0 saturated heterocycles.